The van der Waals surface area contributed by atoms with Crippen LogP contribution in [0, 0.1) is 0 Å². The molecule has 0 aromatic heterocycles. The Morgan fingerprint density at radius 3 is 1.12 bits per heavy atom. The summed E-state index contributed by atoms with van der Waals surface area (Å²) in [5, 5.41) is 9.86. The van der Waals surface area contributed by atoms with Crippen molar-refractivity contribution in [3.8, 4) is 0 Å². The third-order valence-electron chi connectivity index (χ3n) is 2.96. The normalized spacial score (nSPS) is 15.2. The molecule has 0 aromatic carbocycles. The van der Waals surface area contributed by atoms with E-state index in [2.05, 4.69) is 0 Å². The second kappa shape index (κ2) is 7.39. The molecular weight excluding hydrogens is 387 g/mol. The number of halogens is 12. The van der Waals surface area contributed by atoms with Crippen LogP contribution in [0.5, 0.6) is 0 Å². The monoisotopic (exact) mass is 396 g/mol. The van der Waals surface area contributed by atoms with Gasteiger partial charge in [-0.05, 0) is 0 Å². The summed E-state index contributed by atoms with van der Waals surface area (Å²) in [6.07, 6.45) is -4.75. The van der Waals surface area contributed by atoms with Crippen LogP contribution in [0.3, 0.4) is 0 Å². The van der Waals surface area contributed by atoms with Crippen molar-refractivity contribution in [2.45, 2.75) is 55.3 Å². The van der Waals surface area contributed by atoms with Crippen LogP contribution in [0.1, 0.15) is 19.8 Å². The first-order valence-corrected chi connectivity index (χ1v) is 5.72. The standard InChI is InChI=1S/C10H9F12O.Na/c1-2-5(11,12)7(15,16)9(19,20)10(21,22)8(17,18)6(13,14)3-4-23;/h2-4H2,1H3;/q-1;+1. The average Bonchev–Trinajstić information content (AvgIpc) is 2.37. The van der Waals surface area contributed by atoms with E-state index in [9.17, 15) is 57.8 Å². The first kappa shape index (κ1) is 26.4. The molecule has 0 amide bonds. The van der Waals surface area contributed by atoms with Crippen molar-refractivity contribution in [1.29, 1.82) is 0 Å². The zero-order valence-electron chi connectivity index (χ0n) is 12.1. The predicted molar refractivity (Wildman–Crippen MR) is 49.5 cm³/mol. The second-order valence-electron chi connectivity index (χ2n) is 4.51. The fourth-order valence-electron chi connectivity index (χ4n) is 1.36. The maximum atomic E-state index is 13.1. The van der Waals surface area contributed by atoms with Gasteiger partial charge in [-0.2, -0.15) is 52.7 Å². The molecule has 0 atom stereocenters. The quantitative estimate of drug-likeness (QED) is 0.443. The van der Waals surface area contributed by atoms with Gasteiger partial charge in [-0.3, -0.25) is 0 Å². The third-order valence-corrected chi connectivity index (χ3v) is 2.96. The summed E-state index contributed by atoms with van der Waals surface area (Å²) < 4.78 is 155. The number of alkyl halides is 12. The van der Waals surface area contributed by atoms with Gasteiger partial charge in [0.1, 0.15) is 0 Å². The maximum absolute atomic E-state index is 13.1. The largest absolute Gasteiger partial charge is 1.00 e. The zero-order valence-corrected chi connectivity index (χ0v) is 14.1. The molecule has 0 bridgehead atoms. The molecule has 0 heterocycles. The first-order chi connectivity index (χ1) is 9.87. The molecule has 1 nitrogen and oxygen atoms in total. The van der Waals surface area contributed by atoms with Gasteiger partial charge >= 0.3 is 65.1 Å². The van der Waals surface area contributed by atoms with Crippen LogP contribution >= 0.6 is 0 Å². The average molecular weight is 396 g/mol. The fraction of sp³-hybridized carbons (Fsp3) is 1.00. The zero-order chi connectivity index (χ0) is 19.1. The first-order valence-electron chi connectivity index (χ1n) is 5.72. The molecule has 0 saturated carbocycles. The Bertz CT molecular complexity index is 422. The van der Waals surface area contributed by atoms with Crippen molar-refractivity contribution in [2.75, 3.05) is 6.61 Å². The molecule has 0 saturated heterocycles. The maximum Gasteiger partial charge on any atom is 1.00 e. The van der Waals surface area contributed by atoms with Crippen molar-refractivity contribution >= 4 is 0 Å². The van der Waals surface area contributed by atoms with E-state index >= 15 is 0 Å². The van der Waals surface area contributed by atoms with E-state index in [0.29, 0.717) is 0 Å². The van der Waals surface area contributed by atoms with E-state index in [-0.39, 0.29) is 36.5 Å². The van der Waals surface area contributed by atoms with E-state index in [0.717, 1.165) is 0 Å². The summed E-state index contributed by atoms with van der Waals surface area (Å²) in [5.74, 6) is -41.4. The molecule has 0 spiro atoms. The van der Waals surface area contributed by atoms with E-state index in [1.54, 1.807) is 0 Å². The van der Waals surface area contributed by atoms with Crippen LogP contribution in [0.2, 0.25) is 0 Å². The van der Waals surface area contributed by atoms with Crippen LogP contribution in [-0.4, -0.2) is 42.1 Å². The molecule has 0 rings (SSSR count). The van der Waals surface area contributed by atoms with E-state index < -0.39 is 55.0 Å². The molecule has 0 aromatic rings. The topological polar surface area (TPSA) is 23.1 Å². The van der Waals surface area contributed by atoms with Crippen LogP contribution in [0.15, 0.2) is 0 Å². The van der Waals surface area contributed by atoms with Gasteiger partial charge in [0.05, 0.1) is 0 Å². The summed E-state index contributed by atoms with van der Waals surface area (Å²) >= 11 is 0. The number of rotatable bonds is 8. The van der Waals surface area contributed by atoms with Gasteiger partial charge < -0.3 is 5.11 Å². The van der Waals surface area contributed by atoms with Crippen LogP contribution < -0.4 is 34.7 Å². The summed E-state index contributed by atoms with van der Waals surface area (Å²) in [6.45, 7) is -1.97. The molecular formula is C10H9F12NaO. The van der Waals surface area contributed by atoms with Gasteiger partial charge in [-0.25, -0.2) is 0 Å². The summed E-state index contributed by atoms with van der Waals surface area (Å²) in [5.41, 5.74) is 0. The van der Waals surface area contributed by atoms with E-state index in [1.807, 2.05) is 0 Å². The number of hydrogen-bond donors (Lipinski definition) is 0. The van der Waals surface area contributed by atoms with Gasteiger partial charge in [-0.1, -0.05) is 6.92 Å². The molecule has 0 aliphatic heterocycles. The minimum absolute atomic E-state index is 0. The SMILES string of the molecule is CCC(F)(F)C(F)(F)C(F)(F)C(F)(F)C(F)(F)C(F)(F)CC[O-].[Na+]. The minimum Gasteiger partial charge on any atom is -0.854 e. The van der Waals surface area contributed by atoms with Crippen molar-refractivity contribution in [1.82, 2.24) is 0 Å². The Hall–Kier alpha value is 0.120. The molecule has 24 heavy (non-hydrogen) atoms. The third kappa shape index (κ3) is 3.63. The van der Waals surface area contributed by atoms with Crippen LogP contribution in [-0.2, 0) is 0 Å². The van der Waals surface area contributed by atoms with E-state index in [4.69, 9.17) is 0 Å². The Balaban J connectivity index is 0. The molecule has 0 aliphatic rings. The molecule has 0 aliphatic carbocycles. The minimum atomic E-state index is -7.57. The summed E-state index contributed by atoms with van der Waals surface area (Å²) in [4.78, 5) is 0. The summed E-state index contributed by atoms with van der Waals surface area (Å²) in [7, 11) is 0. The summed E-state index contributed by atoms with van der Waals surface area (Å²) in [6, 6.07) is 0. The van der Waals surface area contributed by atoms with Crippen molar-refractivity contribution in [2.24, 2.45) is 0 Å². The van der Waals surface area contributed by atoms with Crippen LogP contribution in [0.25, 0.3) is 0 Å². The fourth-order valence-corrected chi connectivity index (χ4v) is 1.36. The molecule has 14 heteroatoms. The van der Waals surface area contributed by atoms with Crippen molar-refractivity contribution in [3.63, 3.8) is 0 Å². The van der Waals surface area contributed by atoms with Crippen molar-refractivity contribution in [3.05, 3.63) is 0 Å². The molecule has 0 radical (unpaired) electrons. The predicted octanol–water partition coefficient (Wildman–Crippen LogP) is 0.963. The van der Waals surface area contributed by atoms with Gasteiger partial charge in [0, 0.05) is 12.8 Å². The smallest absolute Gasteiger partial charge is 0.854 e. The van der Waals surface area contributed by atoms with Gasteiger partial charge in [0.15, 0.2) is 0 Å². The second-order valence-corrected chi connectivity index (χ2v) is 4.51. The Labute approximate surface area is 149 Å². The Morgan fingerprint density at radius 1 is 0.583 bits per heavy atom. The number of hydrogen-bond acceptors (Lipinski definition) is 1. The van der Waals surface area contributed by atoms with Gasteiger partial charge in [0.25, 0.3) is 0 Å². The Kier molecular flexibility index (Phi) is 8.12. The van der Waals surface area contributed by atoms with Crippen molar-refractivity contribution < 1.29 is 87.3 Å². The molecule has 140 valence electrons. The van der Waals surface area contributed by atoms with E-state index in [1.165, 1.54) is 0 Å². The van der Waals surface area contributed by atoms with Gasteiger partial charge in [-0.15, -0.1) is 6.61 Å². The Morgan fingerprint density at radius 2 is 0.875 bits per heavy atom. The van der Waals surface area contributed by atoms with Gasteiger partial charge in [0.2, 0.25) is 0 Å². The molecule has 0 N–H and O–H groups in total. The molecule has 0 unspecified atom stereocenters. The van der Waals surface area contributed by atoms with Crippen LogP contribution in [0.4, 0.5) is 52.7 Å². The molecule has 0 fully saturated rings.